The Hall–Kier alpha value is 0.374. The van der Waals surface area contributed by atoms with E-state index in [0.29, 0.717) is 0 Å². The molecule has 0 bridgehead atoms. The topological polar surface area (TPSA) is 24.1 Å². The van der Waals surface area contributed by atoms with E-state index < -0.39 is 0 Å². The van der Waals surface area contributed by atoms with E-state index in [2.05, 4.69) is 27.6 Å². The van der Waals surface area contributed by atoms with Gasteiger partial charge in [-0.05, 0) is 0 Å². The average molecular weight is 123 g/mol. The molecule has 2 N–H and O–H groups in total. The molecule has 0 atom stereocenters. The molecule has 3 heteroatoms. The van der Waals surface area contributed by atoms with Crippen molar-refractivity contribution in [2.45, 2.75) is 0 Å². The van der Waals surface area contributed by atoms with Crippen molar-refractivity contribution in [1.29, 1.82) is 0 Å². The maximum atomic E-state index is 2.89. The Labute approximate surface area is 46.8 Å². The molecule has 0 aliphatic carbocycles. The quantitative estimate of drug-likeness (QED) is 0.495. The van der Waals surface area contributed by atoms with Crippen molar-refractivity contribution in [3.63, 3.8) is 0 Å². The maximum absolute atomic E-state index is 2.89. The van der Waals surface area contributed by atoms with Gasteiger partial charge >= 0.3 is 46.2 Å². The number of rotatable bonds is 2. The zero-order valence-corrected chi connectivity index (χ0v) is 5.34. The van der Waals surface area contributed by atoms with Gasteiger partial charge in [-0.15, -0.1) is 0 Å². The molecule has 0 saturated heterocycles. The molecule has 0 aromatic heterocycles. The van der Waals surface area contributed by atoms with Gasteiger partial charge in [-0.3, -0.25) is 0 Å². The van der Waals surface area contributed by atoms with Gasteiger partial charge in [0.1, 0.15) is 0 Å². The summed E-state index contributed by atoms with van der Waals surface area (Å²) in [4.78, 5) is 0. The van der Waals surface area contributed by atoms with Crippen LogP contribution in [0.2, 0.25) is 0 Å². The SMILES string of the molecule is CN[C](=[V])NC. The first-order chi connectivity index (χ1) is 2.81. The van der Waals surface area contributed by atoms with Crippen LogP contribution in [0, 0.1) is 0 Å². The van der Waals surface area contributed by atoms with E-state index in [0.717, 1.165) is 4.47 Å². The Kier molecular flexibility index (Phi) is 3.78. The Morgan fingerprint density at radius 3 is 1.67 bits per heavy atom. The van der Waals surface area contributed by atoms with Gasteiger partial charge in [0.15, 0.2) is 0 Å². The Morgan fingerprint density at radius 2 is 1.67 bits per heavy atom. The van der Waals surface area contributed by atoms with E-state index in [1.165, 1.54) is 0 Å². The van der Waals surface area contributed by atoms with Crippen molar-refractivity contribution < 1.29 is 17.0 Å². The van der Waals surface area contributed by atoms with Gasteiger partial charge in [-0.1, -0.05) is 0 Å². The molecule has 0 saturated carbocycles. The van der Waals surface area contributed by atoms with Crippen LogP contribution in [0.4, 0.5) is 0 Å². The summed E-state index contributed by atoms with van der Waals surface area (Å²) >= 11 is 2.37. The normalized spacial score (nSPS) is 8.17. The summed E-state index contributed by atoms with van der Waals surface area (Å²) in [6.07, 6.45) is 0. The van der Waals surface area contributed by atoms with E-state index in [4.69, 9.17) is 0 Å². The van der Waals surface area contributed by atoms with Gasteiger partial charge < -0.3 is 0 Å². The molecule has 0 radical (unpaired) electrons. The molecule has 2 nitrogen and oxygen atoms in total. The summed E-state index contributed by atoms with van der Waals surface area (Å²) < 4.78 is 1.03. The molecule has 0 aromatic rings. The predicted octanol–water partition coefficient (Wildman–Crippen LogP) is -0.941. The van der Waals surface area contributed by atoms with Crippen molar-refractivity contribution in [3.8, 4) is 0 Å². The van der Waals surface area contributed by atoms with Crippen molar-refractivity contribution in [1.82, 2.24) is 10.6 Å². The van der Waals surface area contributed by atoms with E-state index in [9.17, 15) is 0 Å². The van der Waals surface area contributed by atoms with Gasteiger partial charge in [0.05, 0.1) is 0 Å². The third kappa shape index (κ3) is 2.60. The fraction of sp³-hybridized carbons (Fsp3) is 0.667. The molecule has 0 fully saturated rings. The number of nitrogens with one attached hydrogen (secondary N) is 2. The second-order valence-corrected chi connectivity index (χ2v) is 1.55. The third-order valence-corrected chi connectivity index (χ3v) is 1.17. The Morgan fingerprint density at radius 1 is 1.33 bits per heavy atom. The fourth-order valence-corrected chi connectivity index (χ4v) is 0.125. The molecule has 0 aromatic carbocycles. The average Bonchev–Trinajstić information content (AvgIpc) is 1.65. The van der Waals surface area contributed by atoms with Crippen LogP contribution in [-0.4, -0.2) is 18.6 Å². The summed E-state index contributed by atoms with van der Waals surface area (Å²) in [5.74, 6) is 0. The van der Waals surface area contributed by atoms with Crippen LogP contribution >= 0.6 is 0 Å². The molecule has 0 unspecified atom stereocenters. The van der Waals surface area contributed by atoms with Crippen molar-refractivity contribution >= 4 is 4.47 Å². The number of hydrogen-bond donors (Lipinski definition) is 2. The predicted molar refractivity (Wildman–Crippen MR) is 23.1 cm³/mol. The number of hydrogen-bond acceptors (Lipinski definition) is 2. The molecule has 0 heterocycles. The molecule has 0 aliphatic heterocycles. The monoisotopic (exact) mass is 123 g/mol. The van der Waals surface area contributed by atoms with Crippen LogP contribution in [0.3, 0.4) is 0 Å². The zero-order chi connectivity index (χ0) is 4.99. The van der Waals surface area contributed by atoms with Crippen LogP contribution in [0.5, 0.6) is 0 Å². The van der Waals surface area contributed by atoms with Crippen LogP contribution in [0.1, 0.15) is 0 Å². The summed E-state index contributed by atoms with van der Waals surface area (Å²) in [6.45, 7) is 0. The summed E-state index contributed by atoms with van der Waals surface area (Å²) in [5.41, 5.74) is 0. The molecular weight excluding hydrogens is 115 g/mol. The standard InChI is InChI=1S/C3H8N2.V/c1-4-3-5-2;/h4-5H,1-2H3;. The van der Waals surface area contributed by atoms with E-state index in [1.54, 1.807) is 0 Å². The van der Waals surface area contributed by atoms with Crippen molar-refractivity contribution in [3.05, 3.63) is 0 Å². The van der Waals surface area contributed by atoms with E-state index in [-0.39, 0.29) is 0 Å². The molecule has 0 amide bonds. The molecular formula is C3H8N2V. The molecule has 0 rings (SSSR count). The third-order valence-electron chi connectivity index (χ3n) is 0.474. The van der Waals surface area contributed by atoms with Crippen LogP contribution < -0.4 is 10.6 Å². The summed E-state index contributed by atoms with van der Waals surface area (Å²) in [5, 5.41) is 5.78. The minimum absolute atomic E-state index is 1.03. The van der Waals surface area contributed by atoms with E-state index in [1.807, 2.05) is 14.1 Å². The Balaban J connectivity index is 2.99. The molecule has 35 valence electrons. The molecule has 0 spiro atoms. The second-order valence-electron chi connectivity index (χ2n) is 0.849. The van der Waals surface area contributed by atoms with Gasteiger partial charge in [-0.25, -0.2) is 0 Å². The minimum atomic E-state index is 1.03. The van der Waals surface area contributed by atoms with Crippen LogP contribution in [-0.2, 0) is 17.0 Å². The van der Waals surface area contributed by atoms with Gasteiger partial charge in [0.2, 0.25) is 0 Å². The first-order valence-corrected chi connectivity index (χ1v) is 2.42. The first-order valence-electron chi connectivity index (χ1n) is 1.72. The van der Waals surface area contributed by atoms with Gasteiger partial charge in [0.25, 0.3) is 0 Å². The molecule has 6 heavy (non-hydrogen) atoms. The second kappa shape index (κ2) is 3.56. The van der Waals surface area contributed by atoms with Crippen LogP contribution in [0.15, 0.2) is 0 Å². The molecule has 0 aliphatic rings. The van der Waals surface area contributed by atoms with Crippen LogP contribution in [0.25, 0.3) is 0 Å². The Bertz CT molecular complexity index is 46.8. The van der Waals surface area contributed by atoms with Gasteiger partial charge in [0, 0.05) is 0 Å². The van der Waals surface area contributed by atoms with Crippen molar-refractivity contribution in [2.75, 3.05) is 14.1 Å². The van der Waals surface area contributed by atoms with Crippen molar-refractivity contribution in [2.24, 2.45) is 0 Å². The summed E-state index contributed by atoms with van der Waals surface area (Å²) in [6, 6.07) is 0. The fourth-order valence-electron chi connectivity index (χ4n) is 0.125. The first kappa shape index (κ1) is 6.37. The zero-order valence-electron chi connectivity index (χ0n) is 3.95. The van der Waals surface area contributed by atoms with Gasteiger partial charge in [-0.2, -0.15) is 0 Å². The summed E-state index contributed by atoms with van der Waals surface area (Å²) in [7, 11) is 3.73. The van der Waals surface area contributed by atoms with E-state index >= 15 is 0 Å².